The first-order valence-corrected chi connectivity index (χ1v) is 10.0. The lowest BCUT2D eigenvalue weighted by Gasteiger charge is -2.32. The second-order valence-corrected chi connectivity index (χ2v) is 8.24. The Morgan fingerprint density at radius 1 is 1.57 bits per heavy atom. The van der Waals surface area contributed by atoms with Crippen molar-refractivity contribution in [3.8, 4) is 0 Å². The fourth-order valence-electron chi connectivity index (χ4n) is 2.81. The highest BCUT2D eigenvalue weighted by atomic mass is 32.2. The van der Waals surface area contributed by atoms with Gasteiger partial charge in [-0.25, -0.2) is 12.7 Å². The molecule has 1 fully saturated rings. The minimum Gasteiger partial charge on any atom is -0.309 e. The van der Waals surface area contributed by atoms with Gasteiger partial charge < -0.3 is 5.32 Å². The van der Waals surface area contributed by atoms with Crippen LogP contribution in [0.1, 0.15) is 44.3 Å². The fourth-order valence-corrected chi connectivity index (χ4v) is 4.22. The van der Waals surface area contributed by atoms with E-state index in [2.05, 4.69) is 21.0 Å². The summed E-state index contributed by atoms with van der Waals surface area (Å²) in [5.41, 5.74) is 0.977. The fraction of sp³-hybridized carbons (Fsp3) is 0.846. The molecule has 6 nitrogen and oxygen atoms in total. The summed E-state index contributed by atoms with van der Waals surface area (Å²) in [5.74, 6) is 0.379. The van der Waals surface area contributed by atoms with Crippen molar-refractivity contribution in [2.75, 3.05) is 25.9 Å². The van der Waals surface area contributed by atoms with E-state index in [1.165, 1.54) is 18.0 Å². The maximum atomic E-state index is 11.7. The zero-order chi connectivity index (χ0) is 15.3. The summed E-state index contributed by atoms with van der Waals surface area (Å²) in [4.78, 5) is 0. The van der Waals surface area contributed by atoms with E-state index in [0.717, 1.165) is 37.9 Å². The van der Waals surface area contributed by atoms with E-state index < -0.39 is 10.0 Å². The van der Waals surface area contributed by atoms with Crippen molar-refractivity contribution >= 4 is 21.8 Å². The molecule has 1 aliphatic heterocycles. The molecular weight excluding hydrogens is 308 g/mol. The zero-order valence-electron chi connectivity index (χ0n) is 12.7. The van der Waals surface area contributed by atoms with Crippen molar-refractivity contribution in [3.63, 3.8) is 0 Å². The third-order valence-electron chi connectivity index (χ3n) is 3.90. The molecule has 1 aliphatic rings. The highest BCUT2D eigenvalue weighted by molar-refractivity contribution is 7.88. The number of rotatable bonds is 7. The Balaban J connectivity index is 1.99. The summed E-state index contributed by atoms with van der Waals surface area (Å²) in [5, 5.41) is 3.51. The van der Waals surface area contributed by atoms with Crippen molar-refractivity contribution in [1.82, 2.24) is 18.4 Å². The number of sulfonamides is 1. The van der Waals surface area contributed by atoms with Crippen LogP contribution < -0.4 is 5.32 Å². The van der Waals surface area contributed by atoms with E-state index in [4.69, 9.17) is 0 Å². The first-order chi connectivity index (χ1) is 10.0. The molecule has 0 saturated carbocycles. The molecule has 2 unspecified atom stereocenters. The van der Waals surface area contributed by atoms with Crippen LogP contribution in [0.3, 0.4) is 0 Å². The molecule has 0 aliphatic carbocycles. The first-order valence-electron chi connectivity index (χ1n) is 7.46. The van der Waals surface area contributed by atoms with Crippen molar-refractivity contribution < 1.29 is 8.42 Å². The predicted octanol–water partition coefficient (Wildman–Crippen LogP) is 1.64. The van der Waals surface area contributed by atoms with Crippen LogP contribution in [-0.2, 0) is 10.0 Å². The van der Waals surface area contributed by atoms with E-state index in [1.807, 2.05) is 6.20 Å². The van der Waals surface area contributed by atoms with Crippen LogP contribution in [0, 0.1) is 5.92 Å². The van der Waals surface area contributed by atoms with Crippen molar-refractivity contribution in [2.24, 2.45) is 5.92 Å². The van der Waals surface area contributed by atoms with Gasteiger partial charge in [0.05, 0.1) is 35.9 Å². The van der Waals surface area contributed by atoms with E-state index in [-0.39, 0.29) is 6.04 Å². The van der Waals surface area contributed by atoms with Gasteiger partial charge in [0.25, 0.3) is 0 Å². The summed E-state index contributed by atoms with van der Waals surface area (Å²) >= 11 is 1.22. The average molecular weight is 332 g/mol. The lowest BCUT2D eigenvalue weighted by Crippen LogP contribution is -2.40. The van der Waals surface area contributed by atoms with Gasteiger partial charge in [-0.2, -0.15) is 8.75 Å². The maximum absolute atomic E-state index is 11.7. The highest BCUT2D eigenvalue weighted by Crippen LogP contribution is 2.28. The molecule has 0 radical (unpaired) electrons. The number of hydrogen-bond acceptors (Lipinski definition) is 6. The molecule has 2 atom stereocenters. The molecule has 0 bridgehead atoms. The molecule has 120 valence electrons. The third kappa shape index (κ3) is 4.98. The zero-order valence-corrected chi connectivity index (χ0v) is 14.3. The second-order valence-electron chi connectivity index (χ2n) is 5.70. The first kappa shape index (κ1) is 16.8. The summed E-state index contributed by atoms with van der Waals surface area (Å²) in [6.45, 7) is 4.35. The van der Waals surface area contributed by atoms with Gasteiger partial charge in [0, 0.05) is 13.1 Å². The number of piperidine rings is 1. The second kappa shape index (κ2) is 7.62. The van der Waals surface area contributed by atoms with E-state index >= 15 is 0 Å². The van der Waals surface area contributed by atoms with Crippen molar-refractivity contribution in [3.05, 3.63) is 11.9 Å². The van der Waals surface area contributed by atoms with Gasteiger partial charge >= 0.3 is 0 Å². The van der Waals surface area contributed by atoms with Crippen molar-refractivity contribution in [1.29, 1.82) is 0 Å². The Morgan fingerprint density at radius 2 is 2.38 bits per heavy atom. The van der Waals surface area contributed by atoms with Gasteiger partial charge in [-0.1, -0.05) is 6.92 Å². The van der Waals surface area contributed by atoms with E-state index in [9.17, 15) is 8.42 Å². The molecule has 8 heteroatoms. The highest BCUT2D eigenvalue weighted by Gasteiger charge is 2.28. The normalized spacial score (nSPS) is 22.3. The Bertz CT molecular complexity index is 518. The van der Waals surface area contributed by atoms with Crippen LogP contribution in [0.25, 0.3) is 0 Å². The number of hydrogen-bond donors (Lipinski definition) is 1. The van der Waals surface area contributed by atoms with Gasteiger partial charge in [-0.15, -0.1) is 0 Å². The largest absolute Gasteiger partial charge is 0.309 e. The van der Waals surface area contributed by atoms with Gasteiger partial charge in [-0.3, -0.25) is 0 Å². The maximum Gasteiger partial charge on any atom is 0.211 e. The predicted molar refractivity (Wildman–Crippen MR) is 84.7 cm³/mol. The van der Waals surface area contributed by atoms with Gasteiger partial charge in [0.1, 0.15) is 0 Å². The Morgan fingerprint density at radius 3 is 3.00 bits per heavy atom. The van der Waals surface area contributed by atoms with Crippen LogP contribution in [0.2, 0.25) is 0 Å². The Kier molecular flexibility index (Phi) is 6.09. The SMILES string of the molecule is CCCNC(CC1CCCN(S(C)(=O)=O)C1)c1cnsn1. The standard InChI is InChI=1S/C13H24N4O2S2/c1-3-6-14-12(13-9-15-20-16-13)8-11-5-4-7-17(10-11)21(2,18)19/h9,11-12,14H,3-8,10H2,1-2H3. The minimum atomic E-state index is -3.08. The topological polar surface area (TPSA) is 75.2 Å². The van der Waals surface area contributed by atoms with E-state index in [0.29, 0.717) is 19.0 Å². The molecule has 1 N–H and O–H groups in total. The number of nitrogens with one attached hydrogen (secondary N) is 1. The summed E-state index contributed by atoms with van der Waals surface area (Å²) in [6.07, 6.45) is 7.11. The lowest BCUT2D eigenvalue weighted by atomic mass is 9.91. The van der Waals surface area contributed by atoms with Gasteiger partial charge in [-0.05, 0) is 38.1 Å². The average Bonchev–Trinajstić information content (AvgIpc) is 2.97. The monoisotopic (exact) mass is 332 g/mol. The molecule has 1 saturated heterocycles. The molecule has 0 aromatic carbocycles. The third-order valence-corrected chi connectivity index (χ3v) is 5.66. The van der Waals surface area contributed by atoms with Crippen LogP contribution >= 0.6 is 11.7 Å². The van der Waals surface area contributed by atoms with Crippen LogP contribution in [-0.4, -0.2) is 47.4 Å². The summed E-state index contributed by atoms with van der Waals surface area (Å²) < 4.78 is 33.4. The minimum absolute atomic E-state index is 0.174. The summed E-state index contributed by atoms with van der Waals surface area (Å²) in [7, 11) is -3.08. The molecule has 2 rings (SSSR count). The number of aromatic nitrogens is 2. The smallest absolute Gasteiger partial charge is 0.211 e. The van der Waals surface area contributed by atoms with Crippen LogP contribution in [0.5, 0.6) is 0 Å². The Hall–Kier alpha value is -0.570. The molecule has 0 amide bonds. The van der Waals surface area contributed by atoms with Gasteiger partial charge in [0.15, 0.2) is 0 Å². The van der Waals surface area contributed by atoms with Crippen molar-refractivity contribution in [2.45, 2.75) is 38.6 Å². The van der Waals surface area contributed by atoms with Crippen LogP contribution in [0.4, 0.5) is 0 Å². The molecule has 1 aromatic rings. The van der Waals surface area contributed by atoms with Gasteiger partial charge in [0.2, 0.25) is 10.0 Å². The molecule has 0 spiro atoms. The molecular formula is C13H24N4O2S2. The quantitative estimate of drug-likeness (QED) is 0.821. The summed E-state index contributed by atoms with van der Waals surface area (Å²) in [6, 6.07) is 0.174. The Labute approximate surface area is 131 Å². The molecule has 2 heterocycles. The molecule has 1 aromatic heterocycles. The van der Waals surface area contributed by atoms with E-state index in [1.54, 1.807) is 4.31 Å². The van der Waals surface area contributed by atoms with Crippen LogP contribution in [0.15, 0.2) is 6.20 Å². The molecule has 21 heavy (non-hydrogen) atoms. The lowest BCUT2D eigenvalue weighted by molar-refractivity contribution is 0.237. The number of nitrogens with zero attached hydrogens (tertiary/aromatic N) is 3.